The quantitative estimate of drug-likeness (QED) is 0.215. The van der Waals surface area contributed by atoms with Gasteiger partial charge in [-0.1, -0.05) is 48.0 Å². The molecule has 0 spiro atoms. The number of phenols is 1. The lowest BCUT2D eigenvalue weighted by Crippen LogP contribution is -2.13. The first-order valence-electron chi connectivity index (χ1n) is 9.90. The normalized spacial score (nSPS) is 11.7. The van der Waals surface area contributed by atoms with Gasteiger partial charge in [-0.15, -0.1) is 10.2 Å². The lowest BCUT2D eigenvalue weighted by molar-refractivity contribution is 0.0995. The summed E-state index contributed by atoms with van der Waals surface area (Å²) in [7, 11) is -3.91. The average Bonchev–Trinajstić information content (AvgIpc) is 2.80. The van der Waals surface area contributed by atoms with Gasteiger partial charge in [-0.2, -0.15) is 0 Å². The van der Waals surface area contributed by atoms with E-state index in [0.717, 1.165) is 5.56 Å². The first-order chi connectivity index (χ1) is 15.7. The van der Waals surface area contributed by atoms with Crippen LogP contribution in [0, 0.1) is 6.92 Å². The third-order valence-corrected chi connectivity index (χ3v) is 6.34. The number of hydrogen-bond donors (Lipinski definition) is 3. The van der Waals surface area contributed by atoms with E-state index in [-0.39, 0.29) is 27.6 Å². The number of aromatic hydroxyl groups is 1. The molecule has 0 bridgehead atoms. The fraction of sp³-hybridized carbons (Fsp3) is 0.0417. The summed E-state index contributed by atoms with van der Waals surface area (Å²) in [5, 5.41) is 19.1. The zero-order chi connectivity index (χ0) is 23.6. The third-order valence-electron chi connectivity index (χ3n) is 4.95. The van der Waals surface area contributed by atoms with Crippen LogP contribution in [0.25, 0.3) is 10.8 Å². The van der Waals surface area contributed by atoms with Crippen molar-refractivity contribution in [3.8, 4) is 5.75 Å². The number of hydrogen-bond acceptors (Lipinski definition) is 6. The Bertz CT molecular complexity index is 1500. The molecule has 0 fully saturated rings. The Morgan fingerprint density at radius 2 is 1.64 bits per heavy atom. The van der Waals surface area contributed by atoms with Crippen LogP contribution in [0.2, 0.25) is 0 Å². The first-order valence-corrected chi connectivity index (χ1v) is 11.4. The van der Waals surface area contributed by atoms with Crippen molar-refractivity contribution >= 4 is 43.8 Å². The van der Waals surface area contributed by atoms with Gasteiger partial charge in [0.2, 0.25) is 0 Å². The molecule has 0 aromatic heterocycles. The lowest BCUT2D eigenvalue weighted by atomic mass is 10.1. The van der Waals surface area contributed by atoms with Crippen molar-refractivity contribution in [3.63, 3.8) is 0 Å². The molecular formula is C24H20N4O4S. The van der Waals surface area contributed by atoms with E-state index in [1.165, 1.54) is 24.3 Å². The Morgan fingerprint density at radius 3 is 2.33 bits per heavy atom. The van der Waals surface area contributed by atoms with Gasteiger partial charge in [0.25, 0.3) is 15.9 Å². The second kappa shape index (κ2) is 8.71. The fourth-order valence-corrected chi connectivity index (χ4v) is 4.33. The molecule has 33 heavy (non-hydrogen) atoms. The van der Waals surface area contributed by atoms with Crippen LogP contribution in [0.3, 0.4) is 0 Å². The maximum atomic E-state index is 12.9. The van der Waals surface area contributed by atoms with Crippen molar-refractivity contribution in [1.82, 2.24) is 0 Å². The molecule has 0 saturated carbocycles. The van der Waals surface area contributed by atoms with Crippen molar-refractivity contribution < 1.29 is 18.3 Å². The van der Waals surface area contributed by atoms with Gasteiger partial charge in [0.05, 0.1) is 10.6 Å². The first kappa shape index (κ1) is 22.0. The molecule has 166 valence electrons. The molecule has 0 aliphatic carbocycles. The zero-order valence-corrected chi connectivity index (χ0v) is 18.4. The molecular weight excluding hydrogens is 440 g/mol. The Kier molecular flexibility index (Phi) is 5.80. The summed E-state index contributed by atoms with van der Waals surface area (Å²) in [6.07, 6.45) is 0. The molecule has 0 radical (unpaired) electrons. The summed E-state index contributed by atoms with van der Waals surface area (Å²) >= 11 is 0. The van der Waals surface area contributed by atoms with E-state index in [9.17, 15) is 18.3 Å². The molecule has 8 nitrogen and oxygen atoms in total. The minimum Gasteiger partial charge on any atom is -0.505 e. The molecule has 0 aliphatic rings. The van der Waals surface area contributed by atoms with Gasteiger partial charge in [0.15, 0.2) is 5.75 Å². The van der Waals surface area contributed by atoms with E-state index in [0.29, 0.717) is 16.5 Å². The van der Waals surface area contributed by atoms with Gasteiger partial charge in [-0.25, -0.2) is 8.42 Å². The molecule has 1 amide bonds. The number of azo groups is 1. The number of fused-ring (bicyclic) bond motifs is 1. The second-order valence-corrected chi connectivity index (χ2v) is 9.07. The van der Waals surface area contributed by atoms with Crippen LogP contribution >= 0.6 is 0 Å². The smallest absolute Gasteiger partial charge is 0.295 e. The van der Waals surface area contributed by atoms with Crippen LogP contribution in [0.1, 0.15) is 15.9 Å². The topological polar surface area (TPSA) is 134 Å². The summed E-state index contributed by atoms with van der Waals surface area (Å²) in [4.78, 5) is 12.5. The van der Waals surface area contributed by atoms with E-state index >= 15 is 0 Å². The van der Waals surface area contributed by atoms with E-state index in [1.54, 1.807) is 54.6 Å². The standard InChI is InChI=1S/C24H20N4O4S/c1-15-9-11-18(12-10-15)33(31,32)28-21-14-22(23(29)20-8-3-2-7-19(20)21)26-27-24(30)16-5-4-6-17(25)13-16/h2-14,28-29H,25H2,1H3. The number of nitrogens with zero attached hydrogens (tertiary/aromatic N) is 2. The number of phenolic OH excluding ortho intramolecular Hbond substituents is 1. The Labute approximate surface area is 190 Å². The van der Waals surface area contributed by atoms with Gasteiger partial charge >= 0.3 is 0 Å². The van der Waals surface area contributed by atoms with Crippen molar-refractivity contribution in [2.45, 2.75) is 11.8 Å². The number of amides is 1. The summed E-state index contributed by atoms with van der Waals surface area (Å²) in [6.45, 7) is 1.86. The van der Waals surface area contributed by atoms with Crippen LogP contribution in [0.5, 0.6) is 5.75 Å². The molecule has 4 rings (SSSR count). The Balaban J connectivity index is 1.75. The summed E-state index contributed by atoms with van der Waals surface area (Å²) in [6, 6.07) is 20.7. The lowest BCUT2D eigenvalue weighted by Gasteiger charge is -2.13. The molecule has 4 aromatic carbocycles. The number of rotatable bonds is 5. The predicted molar refractivity (Wildman–Crippen MR) is 127 cm³/mol. The van der Waals surface area contributed by atoms with Crippen LogP contribution in [0.4, 0.5) is 17.1 Å². The number of carbonyl (C=O) groups is 1. The zero-order valence-electron chi connectivity index (χ0n) is 17.6. The molecule has 0 heterocycles. The minimum absolute atomic E-state index is 0.0624. The second-order valence-electron chi connectivity index (χ2n) is 7.39. The van der Waals surface area contributed by atoms with Crippen LogP contribution < -0.4 is 10.5 Å². The molecule has 4 N–H and O–H groups in total. The van der Waals surface area contributed by atoms with Gasteiger partial charge in [0.1, 0.15) is 5.69 Å². The molecule has 0 saturated heterocycles. The number of nitrogens with two attached hydrogens (primary N) is 1. The van der Waals surface area contributed by atoms with Gasteiger partial charge in [0, 0.05) is 22.0 Å². The number of benzene rings is 4. The van der Waals surface area contributed by atoms with Gasteiger partial charge in [-0.05, 0) is 43.3 Å². The molecule has 0 atom stereocenters. The van der Waals surface area contributed by atoms with Crippen LogP contribution in [0.15, 0.2) is 94.0 Å². The van der Waals surface area contributed by atoms with Crippen molar-refractivity contribution in [2.24, 2.45) is 10.2 Å². The highest BCUT2D eigenvalue weighted by molar-refractivity contribution is 7.92. The average molecular weight is 461 g/mol. The summed E-state index contributed by atoms with van der Waals surface area (Å²) in [5.74, 6) is -0.885. The van der Waals surface area contributed by atoms with Crippen molar-refractivity contribution in [1.29, 1.82) is 0 Å². The Morgan fingerprint density at radius 1 is 0.939 bits per heavy atom. The SMILES string of the molecule is Cc1ccc(S(=O)(=O)Nc2cc(N=NC(=O)c3cccc(N)c3)c(O)c3ccccc23)cc1. The van der Waals surface area contributed by atoms with E-state index in [2.05, 4.69) is 15.0 Å². The number of aryl methyl sites for hydroxylation is 1. The fourth-order valence-electron chi connectivity index (χ4n) is 3.26. The number of nitrogen functional groups attached to an aromatic ring is 1. The van der Waals surface area contributed by atoms with E-state index < -0.39 is 15.9 Å². The number of anilines is 2. The maximum Gasteiger partial charge on any atom is 0.295 e. The van der Waals surface area contributed by atoms with Crippen LogP contribution in [-0.2, 0) is 10.0 Å². The van der Waals surface area contributed by atoms with Crippen LogP contribution in [-0.4, -0.2) is 19.4 Å². The molecule has 9 heteroatoms. The molecule has 0 aliphatic heterocycles. The van der Waals surface area contributed by atoms with Gasteiger partial charge in [-0.3, -0.25) is 9.52 Å². The monoisotopic (exact) mass is 460 g/mol. The van der Waals surface area contributed by atoms with Crippen molar-refractivity contribution in [2.75, 3.05) is 10.5 Å². The van der Waals surface area contributed by atoms with E-state index in [1.807, 2.05) is 6.92 Å². The minimum atomic E-state index is -3.91. The summed E-state index contributed by atoms with van der Waals surface area (Å²) < 4.78 is 28.4. The molecule has 4 aromatic rings. The number of nitrogens with one attached hydrogen (secondary N) is 1. The third kappa shape index (κ3) is 4.68. The van der Waals surface area contributed by atoms with Crippen molar-refractivity contribution in [3.05, 3.63) is 90.0 Å². The predicted octanol–water partition coefficient (Wildman–Crippen LogP) is 5.16. The van der Waals surface area contributed by atoms with E-state index in [4.69, 9.17) is 5.73 Å². The molecule has 0 unspecified atom stereocenters. The largest absolute Gasteiger partial charge is 0.505 e. The van der Waals surface area contributed by atoms with Gasteiger partial charge < -0.3 is 10.8 Å². The number of sulfonamides is 1. The highest BCUT2D eigenvalue weighted by atomic mass is 32.2. The summed E-state index contributed by atoms with van der Waals surface area (Å²) in [5.41, 5.74) is 7.39. The Hall–Kier alpha value is -4.24. The highest BCUT2D eigenvalue weighted by Crippen LogP contribution is 2.40. The number of carbonyl (C=O) groups excluding carboxylic acids is 1. The highest BCUT2D eigenvalue weighted by Gasteiger charge is 2.18. The maximum absolute atomic E-state index is 12.9.